The third-order valence-electron chi connectivity index (χ3n) is 6.12. The molecule has 0 radical (unpaired) electrons. The first-order valence-electron chi connectivity index (χ1n) is 13.1. The Balaban J connectivity index is 0. The van der Waals surface area contributed by atoms with Crippen molar-refractivity contribution in [3.05, 3.63) is 95.1 Å². The van der Waals surface area contributed by atoms with E-state index in [1.165, 1.54) is 72.8 Å². The molecule has 0 spiro atoms. The van der Waals surface area contributed by atoms with E-state index in [0.717, 1.165) is 0 Å². The van der Waals surface area contributed by atoms with Gasteiger partial charge in [0.15, 0.2) is 0 Å². The summed E-state index contributed by atoms with van der Waals surface area (Å²) in [6.45, 7) is 0. The first-order chi connectivity index (χ1) is 21.7. The minimum Gasteiger partial charge on any atom is -0.550 e. The molecule has 0 aliphatic carbocycles. The first-order valence-corrected chi connectivity index (χ1v) is 13.1. The molecular weight excluding hydrogens is 700 g/mol. The van der Waals surface area contributed by atoms with Crippen LogP contribution in [0.5, 0.6) is 0 Å². The smallest absolute Gasteiger partial charge is 0.550 e. The molecule has 2 atom stereocenters. The molecule has 0 heterocycles. The number of hydrogen-bond donors (Lipinski definition) is 4. The number of carbonyl (C=O) groups is 8. The van der Waals surface area contributed by atoms with Crippen LogP contribution in [-0.2, 0) is 19.2 Å². The van der Waals surface area contributed by atoms with Gasteiger partial charge in [-0.2, -0.15) is 0 Å². The van der Waals surface area contributed by atoms with Crippen molar-refractivity contribution in [1.29, 1.82) is 0 Å². The standard InChI is InChI=1S/C30H26N4O12.4Na/c35-23(36)13-21(29(43)44)33-25(39)15-4-8-19(9-5-15)31-27(41)17-2-1-3-18(12-17)28(42)32-20-10-6-16(7-11-20)26(40)34-22(30(45)46)14-24(37)38;;;;/h1-12,21-22H,13-14H2,(H,31,41)(H,32,42)(H,33,39)(H,34,40)(H,35,36)(H,37,38)(H,43,44)(H,45,46);;;;/q;4*+1/p-4. The van der Waals surface area contributed by atoms with Crippen LogP contribution in [0.1, 0.15) is 54.3 Å². The normalized spacial score (nSPS) is 10.7. The van der Waals surface area contributed by atoms with Crippen LogP contribution < -0.4 is 160 Å². The van der Waals surface area contributed by atoms with E-state index >= 15 is 0 Å². The van der Waals surface area contributed by atoms with Gasteiger partial charge in [-0.3, -0.25) is 19.2 Å². The number of amides is 4. The van der Waals surface area contributed by atoms with Crippen molar-refractivity contribution in [2.45, 2.75) is 24.9 Å². The zero-order chi connectivity index (χ0) is 34.0. The topological polar surface area (TPSA) is 277 Å². The molecular formula is C30H22N4Na4O12. The quantitative estimate of drug-likeness (QED) is 0.113. The van der Waals surface area contributed by atoms with Gasteiger partial charge in [-0.15, -0.1) is 0 Å². The summed E-state index contributed by atoms with van der Waals surface area (Å²) in [5.41, 5.74) is 0.564. The third kappa shape index (κ3) is 15.8. The summed E-state index contributed by atoms with van der Waals surface area (Å²) in [7, 11) is 0. The van der Waals surface area contributed by atoms with Crippen molar-refractivity contribution in [2.75, 3.05) is 10.6 Å². The maximum Gasteiger partial charge on any atom is 1.00 e. The number of carboxylic acid groups (broad SMARTS) is 4. The molecule has 0 saturated heterocycles. The van der Waals surface area contributed by atoms with Crippen molar-refractivity contribution in [1.82, 2.24) is 10.6 Å². The van der Waals surface area contributed by atoms with Gasteiger partial charge in [0.25, 0.3) is 23.6 Å². The summed E-state index contributed by atoms with van der Waals surface area (Å²) >= 11 is 0. The summed E-state index contributed by atoms with van der Waals surface area (Å²) < 4.78 is 0. The van der Waals surface area contributed by atoms with Gasteiger partial charge in [0.05, 0.1) is 24.0 Å². The molecule has 4 N–H and O–H groups in total. The molecule has 3 aromatic carbocycles. The van der Waals surface area contributed by atoms with Gasteiger partial charge in [0.1, 0.15) is 0 Å². The maximum absolute atomic E-state index is 12.8. The number of rotatable bonds is 14. The average Bonchev–Trinajstić information content (AvgIpc) is 3.00. The molecule has 3 rings (SSSR count). The van der Waals surface area contributed by atoms with E-state index in [2.05, 4.69) is 10.6 Å². The van der Waals surface area contributed by atoms with Crippen LogP contribution in [-0.4, -0.2) is 59.6 Å². The summed E-state index contributed by atoms with van der Waals surface area (Å²) in [6, 6.07) is 12.3. The summed E-state index contributed by atoms with van der Waals surface area (Å²) in [5, 5.41) is 52.6. The summed E-state index contributed by atoms with van der Waals surface area (Å²) in [5.74, 6) is -10.1. The minimum atomic E-state index is -1.81. The van der Waals surface area contributed by atoms with Crippen LogP contribution >= 0.6 is 0 Å². The van der Waals surface area contributed by atoms with E-state index < -0.39 is 72.4 Å². The fourth-order valence-corrected chi connectivity index (χ4v) is 3.82. The average molecular weight is 722 g/mol. The Bertz CT molecular complexity index is 1590. The van der Waals surface area contributed by atoms with E-state index in [9.17, 15) is 58.8 Å². The Labute approximate surface area is 372 Å². The second-order valence-corrected chi connectivity index (χ2v) is 9.49. The number of benzene rings is 3. The molecule has 3 aromatic rings. The molecule has 0 aromatic heterocycles. The van der Waals surface area contributed by atoms with Crippen LogP contribution in [0, 0.1) is 0 Å². The van der Waals surface area contributed by atoms with E-state index in [1.54, 1.807) is 0 Å². The zero-order valence-corrected chi connectivity index (χ0v) is 35.4. The third-order valence-corrected chi connectivity index (χ3v) is 6.12. The zero-order valence-electron chi connectivity index (χ0n) is 27.4. The first kappa shape index (κ1) is 49.5. The van der Waals surface area contributed by atoms with Gasteiger partial charge in [-0.25, -0.2) is 0 Å². The molecule has 0 bridgehead atoms. The Hall–Kier alpha value is -2.58. The largest absolute Gasteiger partial charge is 1.00 e. The number of anilines is 2. The Morgan fingerprint density at radius 2 is 0.780 bits per heavy atom. The van der Waals surface area contributed by atoms with Gasteiger partial charge in [-0.1, -0.05) is 6.07 Å². The Morgan fingerprint density at radius 1 is 0.460 bits per heavy atom. The van der Waals surface area contributed by atoms with Crippen molar-refractivity contribution in [3.63, 3.8) is 0 Å². The van der Waals surface area contributed by atoms with E-state index in [-0.39, 0.29) is 152 Å². The number of aliphatic carboxylic acids is 4. The predicted molar refractivity (Wildman–Crippen MR) is 147 cm³/mol. The second-order valence-electron chi connectivity index (χ2n) is 9.49. The van der Waals surface area contributed by atoms with Crippen molar-refractivity contribution >= 4 is 58.9 Å². The SMILES string of the molecule is O=C([O-])CC(NC(=O)c1ccc(NC(=O)c2cccc(C(=O)Nc3ccc(C(=O)NC(CC(=O)[O-])C(=O)[O-])cc3)c2)cc1)C(=O)[O-].[Na+].[Na+].[Na+].[Na+]. The molecule has 4 amide bonds. The molecule has 2 unspecified atom stereocenters. The van der Waals surface area contributed by atoms with E-state index in [0.29, 0.717) is 0 Å². The molecule has 0 saturated carbocycles. The minimum absolute atomic E-state index is 0. The number of carbonyl (C=O) groups excluding carboxylic acids is 8. The molecule has 50 heavy (non-hydrogen) atoms. The maximum atomic E-state index is 12.8. The van der Waals surface area contributed by atoms with Gasteiger partial charge >= 0.3 is 118 Å². The molecule has 0 aliphatic rings. The Kier molecular flexibility index (Phi) is 23.6. The van der Waals surface area contributed by atoms with Crippen molar-refractivity contribution < 1.29 is 177 Å². The fraction of sp³-hybridized carbons (Fsp3) is 0.133. The molecule has 16 nitrogen and oxygen atoms in total. The van der Waals surface area contributed by atoms with Gasteiger partial charge in [0, 0.05) is 58.4 Å². The van der Waals surface area contributed by atoms with Crippen molar-refractivity contribution in [2.24, 2.45) is 0 Å². The van der Waals surface area contributed by atoms with Crippen LogP contribution in [0.2, 0.25) is 0 Å². The summed E-state index contributed by atoms with van der Waals surface area (Å²) in [6.07, 6.45) is -1.98. The van der Waals surface area contributed by atoms with Gasteiger partial charge < -0.3 is 60.9 Å². The fourth-order valence-electron chi connectivity index (χ4n) is 3.82. The number of hydrogen-bond acceptors (Lipinski definition) is 12. The second kappa shape index (κ2) is 23.8. The van der Waals surface area contributed by atoms with Crippen LogP contribution in [0.15, 0.2) is 72.8 Å². The summed E-state index contributed by atoms with van der Waals surface area (Å²) in [4.78, 5) is 93.6. The van der Waals surface area contributed by atoms with Crippen LogP contribution in [0.3, 0.4) is 0 Å². The Morgan fingerprint density at radius 3 is 1.06 bits per heavy atom. The predicted octanol–water partition coefficient (Wildman–Crippen LogP) is -15.8. The number of nitrogens with one attached hydrogen (secondary N) is 4. The van der Waals surface area contributed by atoms with Gasteiger partial charge in [0.2, 0.25) is 0 Å². The molecule has 0 aliphatic heterocycles. The molecule has 238 valence electrons. The van der Waals surface area contributed by atoms with Crippen LogP contribution in [0.4, 0.5) is 11.4 Å². The van der Waals surface area contributed by atoms with Gasteiger partial charge in [-0.05, 0) is 66.7 Å². The molecule has 0 fully saturated rings. The monoisotopic (exact) mass is 722 g/mol. The van der Waals surface area contributed by atoms with Crippen LogP contribution in [0.25, 0.3) is 0 Å². The number of carboxylic acids is 4. The van der Waals surface area contributed by atoms with Crippen molar-refractivity contribution in [3.8, 4) is 0 Å². The van der Waals surface area contributed by atoms with E-state index in [4.69, 9.17) is 0 Å². The molecule has 20 heteroatoms. The van der Waals surface area contributed by atoms with E-state index in [1.807, 2.05) is 10.6 Å².